The number of Topliss-reactive ketones (excluding diaryl/α,β-unsaturated/α-hetero) is 1. The molecule has 2 bridgehead atoms. The lowest BCUT2D eigenvalue weighted by molar-refractivity contribution is -0.951. The summed E-state index contributed by atoms with van der Waals surface area (Å²) in [6, 6.07) is 3.65. The molecular weight excluding hydrogens is 358 g/mol. The molecule has 1 unspecified atom stereocenters. The molecule has 2 saturated heterocycles. The van der Waals surface area contributed by atoms with Gasteiger partial charge in [-0.2, -0.15) is 0 Å². The molecular formula is C22H28NO5+. The van der Waals surface area contributed by atoms with Gasteiger partial charge in [0.25, 0.3) is 0 Å². The van der Waals surface area contributed by atoms with Crippen LogP contribution in [0.3, 0.4) is 0 Å². The molecule has 3 heterocycles. The number of rotatable bonds is 2. The number of likely N-dealkylation sites (N-methyl/N-ethyl adjacent to an activating group) is 1. The van der Waals surface area contributed by atoms with Gasteiger partial charge in [-0.05, 0) is 30.9 Å². The molecule has 150 valence electrons. The van der Waals surface area contributed by atoms with E-state index in [1.807, 2.05) is 6.07 Å². The first-order valence-electron chi connectivity index (χ1n) is 10.6. The van der Waals surface area contributed by atoms with Gasteiger partial charge in [-0.25, -0.2) is 0 Å². The van der Waals surface area contributed by atoms with Crippen molar-refractivity contribution < 1.29 is 29.0 Å². The fraction of sp³-hybridized carbons (Fsp3) is 0.682. The van der Waals surface area contributed by atoms with Crippen LogP contribution in [0.15, 0.2) is 12.1 Å². The Morgan fingerprint density at radius 3 is 2.96 bits per heavy atom. The molecule has 0 radical (unpaired) electrons. The summed E-state index contributed by atoms with van der Waals surface area (Å²) in [5.74, 6) is 0.574. The van der Waals surface area contributed by atoms with Crippen LogP contribution < -0.4 is 4.74 Å². The van der Waals surface area contributed by atoms with Crippen LogP contribution in [0.5, 0.6) is 11.5 Å². The number of hydrogen-bond acceptors (Lipinski definition) is 5. The third kappa shape index (κ3) is 1.83. The highest BCUT2D eigenvalue weighted by Gasteiger charge is 2.76. The largest absolute Gasteiger partial charge is 0.504 e. The van der Waals surface area contributed by atoms with Gasteiger partial charge in [-0.1, -0.05) is 6.07 Å². The second-order valence-electron chi connectivity index (χ2n) is 9.80. The van der Waals surface area contributed by atoms with Crippen molar-refractivity contribution in [1.29, 1.82) is 0 Å². The maximum atomic E-state index is 12.9. The lowest BCUT2D eigenvalue weighted by atomic mass is 9.48. The minimum absolute atomic E-state index is 0.00708. The summed E-state index contributed by atoms with van der Waals surface area (Å²) in [7, 11) is 2.25. The predicted molar refractivity (Wildman–Crippen MR) is 100 cm³/mol. The molecule has 6 heteroatoms. The fourth-order valence-corrected chi connectivity index (χ4v) is 7.30. The summed E-state index contributed by atoms with van der Waals surface area (Å²) in [6.45, 7) is 2.62. The number of aliphatic hydroxyl groups is 1. The zero-order chi connectivity index (χ0) is 19.3. The van der Waals surface area contributed by atoms with Gasteiger partial charge in [0.15, 0.2) is 23.4 Å². The smallest absolute Gasteiger partial charge is 0.174 e. The minimum atomic E-state index is -0.997. The lowest BCUT2D eigenvalue weighted by Crippen LogP contribution is -2.81. The Balaban J connectivity index is 1.53. The van der Waals surface area contributed by atoms with Crippen LogP contribution in [0, 0.1) is 0 Å². The summed E-state index contributed by atoms with van der Waals surface area (Å²) in [4.78, 5) is 12.9. The van der Waals surface area contributed by atoms with E-state index < -0.39 is 17.1 Å². The average molecular weight is 386 g/mol. The van der Waals surface area contributed by atoms with E-state index in [9.17, 15) is 15.0 Å². The first-order valence-corrected chi connectivity index (χ1v) is 10.6. The van der Waals surface area contributed by atoms with Gasteiger partial charge in [-0.3, -0.25) is 4.79 Å². The summed E-state index contributed by atoms with van der Waals surface area (Å²) in [5.41, 5.74) is 0.315. The standard InChI is InChI=1S/C22H27NO5/c1-23(12-14-3-2-10-27-14)9-8-21-18-13-4-5-15(24)19(18)28-20(21)16(25)6-7-22(21,26)17(23)11-13/h4-5,14,17,20,26H,2-3,6-12H2,1H3/p+1/t14?,17-,20+,21+,22-,23-/m1/s1. The molecule has 2 N–H and O–H groups in total. The Labute approximate surface area is 164 Å². The van der Waals surface area contributed by atoms with E-state index in [-0.39, 0.29) is 23.7 Å². The number of nitrogens with zero attached hydrogens (tertiary/aromatic N) is 1. The molecule has 0 aromatic heterocycles. The number of phenols is 1. The number of hydrogen-bond donors (Lipinski definition) is 2. The first-order chi connectivity index (χ1) is 13.4. The number of phenolic OH excluding ortho intramolecular Hbond substituents is 1. The fourth-order valence-electron chi connectivity index (χ4n) is 7.30. The van der Waals surface area contributed by atoms with Crippen molar-refractivity contribution >= 4 is 5.78 Å². The van der Waals surface area contributed by atoms with E-state index in [1.54, 1.807) is 6.07 Å². The molecule has 1 saturated carbocycles. The van der Waals surface area contributed by atoms with Gasteiger partial charge in [-0.15, -0.1) is 0 Å². The molecule has 3 aliphatic heterocycles. The Morgan fingerprint density at radius 1 is 1.32 bits per heavy atom. The second kappa shape index (κ2) is 5.29. The SMILES string of the molecule is C[N@+]1(CC2CCCO2)CC[C@]23c4c5ccc(O)c4O[C@H]2C(=O)CC[C@@]3(O)[C@H]1C5. The Hall–Kier alpha value is -1.63. The third-order valence-electron chi connectivity index (χ3n) is 8.55. The van der Waals surface area contributed by atoms with Crippen molar-refractivity contribution in [3.05, 3.63) is 23.3 Å². The van der Waals surface area contributed by atoms with Crippen molar-refractivity contribution in [3.63, 3.8) is 0 Å². The van der Waals surface area contributed by atoms with Crippen molar-refractivity contribution in [3.8, 4) is 11.5 Å². The molecule has 1 aromatic carbocycles. The van der Waals surface area contributed by atoms with Gasteiger partial charge in [0, 0.05) is 31.4 Å². The molecule has 6 rings (SSSR count). The predicted octanol–water partition coefficient (Wildman–Crippen LogP) is 1.44. The highest BCUT2D eigenvalue weighted by Crippen LogP contribution is 2.65. The second-order valence-corrected chi connectivity index (χ2v) is 9.80. The third-order valence-corrected chi connectivity index (χ3v) is 8.55. The number of ketones is 1. The Kier molecular flexibility index (Phi) is 3.26. The number of likely N-dealkylation sites (tertiary alicyclic amines) is 1. The van der Waals surface area contributed by atoms with Gasteiger partial charge in [0.1, 0.15) is 24.3 Å². The van der Waals surface area contributed by atoms with Crippen LogP contribution in [-0.4, -0.2) is 71.1 Å². The van der Waals surface area contributed by atoms with Crippen LogP contribution >= 0.6 is 0 Å². The molecule has 0 amide bonds. The molecule has 6 nitrogen and oxygen atoms in total. The molecule has 3 fully saturated rings. The topological polar surface area (TPSA) is 76.0 Å². The van der Waals surface area contributed by atoms with E-state index in [4.69, 9.17) is 9.47 Å². The van der Waals surface area contributed by atoms with Crippen LogP contribution in [-0.2, 0) is 21.4 Å². The maximum absolute atomic E-state index is 12.9. The number of piperidine rings is 1. The van der Waals surface area contributed by atoms with Crippen LogP contribution in [0.1, 0.15) is 43.2 Å². The molecule has 28 heavy (non-hydrogen) atoms. The van der Waals surface area contributed by atoms with Crippen molar-refractivity contribution in [2.75, 3.05) is 26.7 Å². The molecule has 1 aromatic rings. The molecule has 1 spiro atoms. The van der Waals surface area contributed by atoms with Crippen molar-refractivity contribution in [1.82, 2.24) is 0 Å². The highest BCUT2D eigenvalue weighted by atomic mass is 16.5. The molecule has 2 aliphatic carbocycles. The van der Waals surface area contributed by atoms with Crippen molar-refractivity contribution in [2.24, 2.45) is 0 Å². The lowest BCUT2D eigenvalue weighted by Gasteiger charge is -2.64. The number of benzene rings is 1. The van der Waals surface area contributed by atoms with Gasteiger partial charge >= 0.3 is 0 Å². The monoisotopic (exact) mass is 386 g/mol. The Morgan fingerprint density at radius 2 is 2.18 bits per heavy atom. The zero-order valence-electron chi connectivity index (χ0n) is 16.3. The number of carbonyl (C=O) groups is 1. The zero-order valence-corrected chi connectivity index (χ0v) is 16.3. The normalized spacial score (nSPS) is 45.6. The van der Waals surface area contributed by atoms with Gasteiger partial charge in [0.2, 0.25) is 0 Å². The first kappa shape index (κ1) is 17.2. The van der Waals surface area contributed by atoms with Gasteiger partial charge < -0.3 is 24.2 Å². The molecule has 6 atom stereocenters. The number of ether oxygens (including phenoxy) is 2. The van der Waals surface area contributed by atoms with Crippen LogP contribution in [0.25, 0.3) is 0 Å². The average Bonchev–Trinajstić information content (AvgIpc) is 3.29. The number of aromatic hydroxyl groups is 1. The Bertz CT molecular complexity index is 880. The van der Waals surface area contributed by atoms with E-state index in [0.29, 0.717) is 25.0 Å². The number of carbonyl (C=O) groups excluding carboxylic acids is 1. The summed E-state index contributed by atoms with van der Waals surface area (Å²) < 4.78 is 12.8. The van der Waals surface area contributed by atoms with E-state index in [2.05, 4.69) is 7.05 Å². The summed E-state index contributed by atoms with van der Waals surface area (Å²) in [6.07, 6.45) is 4.03. The van der Waals surface area contributed by atoms with E-state index in [0.717, 1.165) is 54.6 Å². The summed E-state index contributed by atoms with van der Waals surface area (Å²) in [5, 5.41) is 22.7. The number of quaternary nitrogens is 1. The van der Waals surface area contributed by atoms with Crippen molar-refractivity contribution in [2.45, 2.75) is 67.8 Å². The van der Waals surface area contributed by atoms with E-state index in [1.165, 1.54) is 0 Å². The maximum Gasteiger partial charge on any atom is 0.174 e. The van der Waals surface area contributed by atoms with Crippen LogP contribution in [0.2, 0.25) is 0 Å². The quantitative estimate of drug-likeness (QED) is 0.753. The van der Waals surface area contributed by atoms with E-state index >= 15 is 0 Å². The highest BCUT2D eigenvalue weighted by molar-refractivity contribution is 5.90. The van der Waals surface area contributed by atoms with Crippen LogP contribution in [0.4, 0.5) is 0 Å². The van der Waals surface area contributed by atoms with Gasteiger partial charge in [0.05, 0.1) is 19.0 Å². The summed E-state index contributed by atoms with van der Waals surface area (Å²) >= 11 is 0. The minimum Gasteiger partial charge on any atom is -0.504 e. The molecule has 5 aliphatic rings.